The summed E-state index contributed by atoms with van der Waals surface area (Å²) in [6, 6.07) is -2.20. The van der Waals surface area contributed by atoms with Crippen molar-refractivity contribution in [1.29, 1.82) is 0 Å². The van der Waals surface area contributed by atoms with E-state index in [1.807, 2.05) is 13.8 Å². The molecule has 52 heavy (non-hydrogen) atoms. The van der Waals surface area contributed by atoms with Crippen LogP contribution in [0.25, 0.3) is 0 Å². The van der Waals surface area contributed by atoms with Gasteiger partial charge in [0.1, 0.15) is 22.9 Å². The highest BCUT2D eigenvalue weighted by Gasteiger charge is 2.48. The molecule has 0 aromatic rings. The Balaban J connectivity index is 1.90. The second kappa shape index (κ2) is 17.8. The first-order chi connectivity index (χ1) is 23.9. The average molecular weight is 747 g/mol. The summed E-state index contributed by atoms with van der Waals surface area (Å²) in [6.07, 6.45) is -7.33. The quantitative estimate of drug-likeness (QED) is 0.169. The molecule has 16 nitrogen and oxygen atoms in total. The molecule has 0 radical (unpaired) electrons. The molecular weight excluding hydrogens is 680 g/mol. The molecular formula is C36H66N4O12. The molecule has 0 bridgehead atoms. The molecule has 16 heteroatoms. The molecule has 1 aliphatic carbocycles. The van der Waals surface area contributed by atoms with Gasteiger partial charge < -0.3 is 65.4 Å². The monoisotopic (exact) mass is 746 g/mol. The van der Waals surface area contributed by atoms with Gasteiger partial charge in [0.25, 0.3) is 0 Å². The highest BCUT2D eigenvalue weighted by molar-refractivity contribution is 5.69. The summed E-state index contributed by atoms with van der Waals surface area (Å²) in [6.45, 7) is 19.5. The fourth-order valence-corrected chi connectivity index (χ4v) is 6.88. The van der Waals surface area contributed by atoms with Crippen molar-refractivity contribution in [3.05, 3.63) is 0 Å². The molecule has 3 rings (SSSR count). The van der Waals surface area contributed by atoms with Crippen LogP contribution in [-0.2, 0) is 28.4 Å². The summed E-state index contributed by atoms with van der Waals surface area (Å²) in [4.78, 5) is 38.7. The zero-order valence-electron chi connectivity index (χ0n) is 32.8. The van der Waals surface area contributed by atoms with Crippen LogP contribution in [0.4, 0.5) is 14.4 Å². The number of ether oxygens (including phenoxy) is 6. The molecule has 13 atom stereocenters. The number of rotatable bonds is 9. The van der Waals surface area contributed by atoms with Crippen molar-refractivity contribution in [3.63, 3.8) is 0 Å². The minimum atomic E-state index is -1.18. The Morgan fingerprint density at radius 3 is 1.79 bits per heavy atom. The molecule has 8 N–H and O–H groups in total. The van der Waals surface area contributed by atoms with Crippen LogP contribution < -0.4 is 21.7 Å². The second-order valence-corrected chi connectivity index (χ2v) is 17.5. The number of carbonyl (C=O) groups excluding carboxylic acids is 3. The van der Waals surface area contributed by atoms with Gasteiger partial charge in [-0.2, -0.15) is 0 Å². The highest BCUT2D eigenvalue weighted by atomic mass is 16.7. The molecule has 2 aliphatic heterocycles. The Labute approximate surface area is 308 Å². The number of hydrogen-bond acceptors (Lipinski definition) is 13. The van der Waals surface area contributed by atoms with E-state index in [-0.39, 0.29) is 37.6 Å². The molecule has 3 fully saturated rings. The van der Waals surface area contributed by atoms with Gasteiger partial charge in [-0.1, -0.05) is 13.8 Å². The number of aliphatic hydroxyl groups is 3. The van der Waals surface area contributed by atoms with Crippen molar-refractivity contribution in [2.75, 3.05) is 6.54 Å². The first kappa shape index (κ1) is 43.9. The summed E-state index contributed by atoms with van der Waals surface area (Å²) in [5.74, 6) is -0.665. The number of hydrogen-bond donors (Lipinski definition) is 7. The third kappa shape index (κ3) is 13.4. The Morgan fingerprint density at radius 1 is 0.731 bits per heavy atom. The van der Waals surface area contributed by atoms with E-state index in [1.165, 1.54) is 0 Å². The van der Waals surface area contributed by atoms with Gasteiger partial charge in [-0.3, -0.25) is 0 Å². The standard InChI is InChI=1S/C36H66N4O12/c1-12-23-28(42)27(37)29(43)25(47-23)15-19-14-24(48-30-18(2)13-22(41)26(49-30)17-38-31(44)50-34(3,4)5)21(40-33(46)52-36(9,10)11)16-20(19)39-32(45)51-35(6,7)8/h18-30,41-43H,12-17,37H2,1-11H3,(H,38,44)(H,39,45)(H,40,46)/t18?,19-,20+,21-,22-,23?,24?,25+,26+,27?,28+,29?,30-/m0/s1. The smallest absolute Gasteiger partial charge is 0.407 e. The minimum Gasteiger partial charge on any atom is -0.444 e. The van der Waals surface area contributed by atoms with Crippen LogP contribution in [0.3, 0.4) is 0 Å². The normalized spacial score (nSPS) is 35.9. The number of alkyl carbamates (subject to hydrolysis) is 3. The predicted octanol–water partition coefficient (Wildman–Crippen LogP) is 2.82. The maximum atomic E-state index is 13.2. The first-order valence-corrected chi connectivity index (χ1v) is 18.6. The molecule has 5 unspecified atom stereocenters. The second-order valence-electron chi connectivity index (χ2n) is 17.5. The van der Waals surface area contributed by atoms with E-state index in [4.69, 9.17) is 34.2 Å². The van der Waals surface area contributed by atoms with E-state index in [9.17, 15) is 29.7 Å². The van der Waals surface area contributed by atoms with Crippen LogP contribution in [0.15, 0.2) is 0 Å². The number of nitrogens with one attached hydrogen (secondary N) is 3. The van der Waals surface area contributed by atoms with Gasteiger partial charge in [-0.25, -0.2) is 14.4 Å². The van der Waals surface area contributed by atoms with Gasteiger partial charge >= 0.3 is 18.3 Å². The number of carbonyl (C=O) groups is 3. The molecule has 0 aromatic heterocycles. The lowest BCUT2D eigenvalue weighted by molar-refractivity contribution is -0.267. The topological polar surface area (TPSA) is 229 Å². The third-order valence-electron chi connectivity index (χ3n) is 9.27. The maximum Gasteiger partial charge on any atom is 0.407 e. The fourth-order valence-electron chi connectivity index (χ4n) is 6.88. The van der Waals surface area contributed by atoms with Crippen LogP contribution in [0, 0.1) is 11.8 Å². The lowest BCUT2D eigenvalue weighted by atomic mass is 9.75. The predicted molar refractivity (Wildman–Crippen MR) is 190 cm³/mol. The van der Waals surface area contributed by atoms with E-state index in [2.05, 4.69) is 16.0 Å². The average Bonchev–Trinajstić information content (AvgIpc) is 2.97. The molecule has 302 valence electrons. The maximum absolute atomic E-state index is 13.2. The molecule has 3 aliphatic rings. The largest absolute Gasteiger partial charge is 0.444 e. The van der Waals surface area contributed by atoms with Crippen molar-refractivity contribution in [2.24, 2.45) is 17.6 Å². The molecule has 0 aromatic carbocycles. The van der Waals surface area contributed by atoms with Crippen LogP contribution in [-0.4, -0.2) is 124 Å². The van der Waals surface area contributed by atoms with Crippen molar-refractivity contribution < 1.29 is 58.1 Å². The van der Waals surface area contributed by atoms with Gasteiger partial charge in [0.05, 0.1) is 48.7 Å². The summed E-state index contributed by atoms with van der Waals surface area (Å²) < 4.78 is 35.6. The summed E-state index contributed by atoms with van der Waals surface area (Å²) in [5, 5.41) is 41.1. The molecule has 2 saturated heterocycles. The zero-order chi connectivity index (χ0) is 39.3. The van der Waals surface area contributed by atoms with Gasteiger partial charge in [0.15, 0.2) is 6.29 Å². The van der Waals surface area contributed by atoms with Gasteiger partial charge in [-0.05, 0) is 100 Å². The van der Waals surface area contributed by atoms with Crippen LogP contribution in [0.1, 0.15) is 108 Å². The van der Waals surface area contributed by atoms with Gasteiger partial charge in [0.2, 0.25) is 0 Å². The van der Waals surface area contributed by atoms with Crippen LogP contribution in [0.5, 0.6) is 0 Å². The fraction of sp³-hybridized carbons (Fsp3) is 0.917. The van der Waals surface area contributed by atoms with Gasteiger partial charge in [-0.15, -0.1) is 0 Å². The van der Waals surface area contributed by atoms with E-state index < -0.39 is 102 Å². The number of amides is 3. The van der Waals surface area contributed by atoms with E-state index in [0.29, 0.717) is 12.8 Å². The number of aliphatic hydroxyl groups excluding tert-OH is 3. The Hall–Kier alpha value is -2.47. The van der Waals surface area contributed by atoms with E-state index >= 15 is 0 Å². The lowest BCUT2D eigenvalue weighted by Crippen LogP contribution is -2.63. The summed E-state index contributed by atoms with van der Waals surface area (Å²) >= 11 is 0. The van der Waals surface area contributed by atoms with E-state index in [0.717, 1.165) is 0 Å². The minimum absolute atomic E-state index is 0.0287. The summed E-state index contributed by atoms with van der Waals surface area (Å²) in [7, 11) is 0. The SMILES string of the molecule is CCC1O[C@H](C[C@@H]2CC(O[C@H]3O[C@H](CNC(=O)OC(C)(C)C)[C@@H](O)CC3C)[C@@H](NC(=O)OC(C)(C)C)C[C@H]2NC(=O)OC(C)(C)C)C(O)C(N)[C@@H]1O. The number of nitrogens with two attached hydrogens (primary N) is 1. The van der Waals surface area contributed by atoms with Crippen molar-refractivity contribution in [3.8, 4) is 0 Å². The molecule has 1 saturated carbocycles. The van der Waals surface area contributed by atoms with Crippen molar-refractivity contribution >= 4 is 18.3 Å². The van der Waals surface area contributed by atoms with Crippen LogP contribution in [0.2, 0.25) is 0 Å². The van der Waals surface area contributed by atoms with Crippen LogP contribution >= 0.6 is 0 Å². The van der Waals surface area contributed by atoms with E-state index in [1.54, 1.807) is 62.3 Å². The first-order valence-electron chi connectivity index (χ1n) is 18.6. The lowest BCUT2D eigenvalue weighted by Gasteiger charge is -2.47. The highest BCUT2D eigenvalue weighted by Crippen LogP contribution is 2.37. The molecule has 0 spiro atoms. The summed E-state index contributed by atoms with van der Waals surface area (Å²) in [5.41, 5.74) is 3.96. The zero-order valence-corrected chi connectivity index (χ0v) is 32.8. The molecule has 3 amide bonds. The Morgan fingerprint density at radius 2 is 1.25 bits per heavy atom. The Bertz CT molecular complexity index is 1190. The van der Waals surface area contributed by atoms with Crippen molar-refractivity contribution in [2.45, 2.75) is 192 Å². The third-order valence-corrected chi connectivity index (χ3v) is 9.27. The Kier molecular flexibility index (Phi) is 15.0. The van der Waals surface area contributed by atoms with Gasteiger partial charge in [0, 0.05) is 18.5 Å². The van der Waals surface area contributed by atoms with Crippen molar-refractivity contribution in [1.82, 2.24) is 16.0 Å². The molecule has 2 heterocycles.